The van der Waals surface area contributed by atoms with Crippen LogP contribution in [0.2, 0.25) is 0 Å². The van der Waals surface area contributed by atoms with Gasteiger partial charge in [-0.05, 0) is 44.1 Å². The van der Waals surface area contributed by atoms with Crippen LogP contribution < -0.4 is 5.73 Å². The number of rotatable bonds is 17. The fraction of sp³-hybridized carbons (Fsp3) is 0.720. The molecule has 0 aliphatic heterocycles. The molecule has 4 heteroatoms. The van der Waals surface area contributed by atoms with E-state index in [-0.39, 0.29) is 0 Å². The molecule has 0 saturated heterocycles. The third-order valence-corrected chi connectivity index (χ3v) is 5.96. The van der Waals surface area contributed by atoms with E-state index in [1.54, 1.807) is 0 Å². The first kappa shape index (κ1) is 23.7. The summed E-state index contributed by atoms with van der Waals surface area (Å²) in [6.07, 6.45) is 18.4. The van der Waals surface area contributed by atoms with Crippen molar-refractivity contribution in [2.24, 2.45) is 0 Å². The van der Waals surface area contributed by atoms with Gasteiger partial charge in [0.1, 0.15) is 0 Å². The maximum Gasteiger partial charge on any atom is 0.0958 e. The third kappa shape index (κ3) is 9.20. The summed E-state index contributed by atoms with van der Waals surface area (Å²) in [5, 5.41) is 0. The normalized spacial score (nSPS) is 11.7. The van der Waals surface area contributed by atoms with E-state index < -0.39 is 0 Å². The minimum atomic E-state index is 0.788. The molecule has 29 heavy (non-hydrogen) atoms. The summed E-state index contributed by atoms with van der Waals surface area (Å²) >= 11 is 0. The number of benzene rings is 1. The number of fused-ring (bicyclic) bond motifs is 1. The SMILES string of the molecule is CCCCCCCCN(CCCCCCCC)CCn1cnc2cc(N)ccc21. The molecular formula is C25H44N4. The second-order valence-electron chi connectivity index (χ2n) is 8.56. The molecule has 0 fully saturated rings. The molecule has 0 bridgehead atoms. The quantitative estimate of drug-likeness (QED) is 0.239. The minimum absolute atomic E-state index is 0.788. The van der Waals surface area contributed by atoms with E-state index >= 15 is 0 Å². The highest BCUT2D eigenvalue weighted by Gasteiger charge is 2.08. The highest BCUT2D eigenvalue weighted by Crippen LogP contribution is 2.16. The Morgan fingerprint density at radius 2 is 1.38 bits per heavy atom. The molecule has 1 heterocycles. The van der Waals surface area contributed by atoms with Crippen LogP contribution in [0.15, 0.2) is 24.5 Å². The number of nitrogen functional groups attached to an aromatic ring is 1. The van der Waals surface area contributed by atoms with Gasteiger partial charge < -0.3 is 15.2 Å². The number of unbranched alkanes of at least 4 members (excludes halogenated alkanes) is 10. The largest absolute Gasteiger partial charge is 0.399 e. The molecule has 164 valence electrons. The second kappa shape index (κ2) is 14.4. The average molecular weight is 401 g/mol. The van der Waals surface area contributed by atoms with Crippen LogP contribution in [-0.2, 0) is 6.54 Å². The number of hydrogen-bond acceptors (Lipinski definition) is 3. The Bertz CT molecular complexity index is 648. The van der Waals surface area contributed by atoms with E-state index in [0.29, 0.717) is 0 Å². The summed E-state index contributed by atoms with van der Waals surface area (Å²) in [7, 11) is 0. The fourth-order valence-corrected chi connectivity index (χ4v) is 4.08. The van der Waals surface area contributed by atoms with Gasteiger partial charge in [0, 0.05) is 18.8 Å². The Hall–Kier alpha value is -1.55. The Morgan fingerprint density at radius 3 is 2.00 bits per heavy atom. The first-order valence-corrected chi connectivity index (χ1v) is 12.2. The summed E-state index contributed by atoms with van der Waals surface area (Å²) in [5.74, 6) is 0. The van der Waals surface area contributed by atoms with Crippen LogP contribution in [0.3, 0.4) is 0 Å². The highest BCUT2D eigenvalue weighted by molar-refractivity contribution is 5.78. The van der Waals surface area contributed by atoms with Gasteiger partial charge in [0.05, 0.1) is 17.4 Å². The van der Waals surface area contributed by atoms with Crippen molar-refractivity contribution in [1.29, 1.82) is 0 Å². The first-order valence-electron chi connectivity index (χ1n) is 12.2. The van der Waals surface area contributed by atoms with Gasteiger partial charge in [-0.2, -0.15) is 0 Å². The summed E-state index contributed by atoms with van der Waals surface area (Å²) in [6.45, 7) is 9.17. The number of nitrogens with zero attached hydrogens (tertiary/aromatic N) is 3. The van der Waals surface area contributed by atoms with E-state index in [2.05, 4.69) is 34.4 Å². The maximum absolute atomic E-state index is 5.89. The van der Waals surface area contributed by atoms with E-state index in [0.717, 1.165) is 24.3 Å². The second-order valence-corrected chi connectivity index (χ2v) is 8.56. The van der Waals surface area contributed by atoms with Crippen LogP contribution in [0.25, 0.3) is 11.0 Å². The molecule has 0 unspecified atom stereocenters. The van der Waals surface area contributed by atoms with Crippen molar-refractivity contribution in [3.8, 4) is 0 Å². The van der Waals surface area contributed by atoms with Gasteiger partial charge in [0.25, 0.3) is 0 Å². The number of anilines is 1. The number of nitrogens with two attached hydrogens (primary N) is 1. The topological polar surface area (TPSA) is 47.1 Å². The zero-order chi connectivity index (χ0) is 20.7. The summed E-state index contributed by atoms with van der Waals surface area (Å²) in [4.78, 5) is 7.21. The number of aromatic nitrogens is 2. The molecule has 0 aliphatic carbocycles. The van der Waals surface area contributed by atoms with Crippen molar-refractivity contribution in [3.05, 3.63) is 24.5 Å². The number of hydrogen-bond donors (Lipinski definition) is 1. The predicted octanol–water partition coefficient (Wildman–Crippen LogP) is 6.64. The van der Waals surface area contributed by atoms with Gasteiger partial charge in [-0.3, -0.25) is 0 Å². The zero-order valence-corrected chi connectivity index (χ0v) is 19.0. The Morgan fingerprint density at radius 1 is 0.793 bits per heavy atom. The molecule has 1 aromatic heterocycles. The molecule has 0 saturated carbocycles. The molecule has 0 amide bonds. The fourth-order valence-electron chi connectivity index (χ4n) is 4.08. The minimum Gasteiger partial charge on any atom is -0.399 e. The lowest BCUT2D eigenvalue weighted by molar-refractivity contribution is 0.251. The summed E-state index contributed by atoms with van der Waals surface area (Å²) < 4.78 is 2.28. The van der Waals surface area contributed by atoms with Crippen LogP contribution in [0, 0.1) is 0 Å². The molecule has 0 radical (unpaired) electrons. The van der Waals surface area contributed by atoms with Crippen LogP contribution in [-0.4, -0.2) is 34.1 Å². The zero-order valence-electron chi connectivity index (χ0n) is 19.0. The van der Waals surface area contributed by atoms with Crippen molar-refractivity contribution in [3.63, 3.8) is 0 Å². The lowest BCUT2D eigenvalue weighted by Gasteiger charge is -2.23. The van der Waals surface area contributed by atoms with Gasteiger partial charge in [-0.25, -0.2) is 4.98 Å². The van der Waals surface area contributed by atoms with Gasteiger partial charge >= 0.3 is 0 Å². The van der Waals surface area contributed by atoms with Gasteiger partial charge in [0.15, 0.2) is 0 Å². The molecule has 0 aliphatic rings. The molecule has 1 aromatic carbocycles. The molecule has 0 atom stereocenters. The van der Waals surface area contributed by atoms with Crippen molar-refractivity contribution in [2.75, 3.05) is 25.4 Å². The molecule has 0 spiro atoms. The lowest BCUT2D eigenvalue weighted by atomic mass is 10.1. The lowest BCUT2D eigenvalue weighted by Crippen LogP contribution is -2.29. The molecule has 4 nitrogen and oxygen atoms in total. The Kier molecular flexibility index (Phi) is 11.8. The molecule has 2 rings (SSSR count). The van der Waals surface area contributed by atoms with Crippen molar-refractivity contribution < 1.29 is 0 Å². The summed E-state index contributed by atoms with van der Waals surface area (Å²) in [5.41, 5.74) is 8.88. The van der Waals surface area contributed by atoms with E-state index in [1.165, 1.54) is 95.7 Å². The van der Waals surface area contributed by atoms with Crippen molar-refractivity contribution >= 4 is 16.7 Å². The van der Waals surface area contributed by atoms with Crippen molar-refractivity contribution in [1.82, 2.24) is 14.5 Å². The van der Waals surface area contributed by atoms with Crippen LogP contribution in [0.5, 0.6) is 0 Å². The standard InChI is InChI=1S/C25H44N4/c1-3-5-7-9-11-13-17-28(18-14-12-10-8-6-4-2)19-20-29-22-27-24-21-23(26)15-16-25(24)29/h15-16,21-22H,3-14,17-20,26H2,1-2H3. The van der Waals surface area contributed by atoms with Crippen LogP contribution in [0.4, 0.5) is 5.69 Å². The van der Waals surface area contributed by atoms with Gasteiger partial charge in [-0.1, -0.05) is 78.1 Å². The highest BCUT2D eigenvalue weighted by atomic mass is 15.2. The maximum atomic E-state index is 5.89. The predicted molar refractivity (Wildman–Crippen MR) is 127 cm³/mol. The van der Waals surface area contributed by atoms with Crippen molar-refractivity contribution in [2.45, 2.75) is 97.4 Å². The Balaban J connectivity index is 1.79. The van der Waals surface area contributed by atoms with Gasteiger partial charge in [-0.15, -0.1) is 0 Å². The Labute approximate surface area is 178 Å². The molecule has 2 N–H and O–H groups in total. The van der Waals surface area contributed by atoms with E-state index in [9.17, 15) is 0 Å². The molecular weight excluding hydrogens is 356 g/mol. The monoisotopic (exact) mass is 400 g/mol. The average Bonchev–Trinajstić information content (AvgIpc) is 3.12. The molecule has 2 aromatic rings. The van der Waals surface area contributed by atoms with Gasteiger partial charge in [0.2, 0.25) is 0 Å². The van der Waals surface area contributed by atoms with Crippen LogP contribution >= 0.6 is 0 Å². The third-order valence-electron chi connectivity index (χ3n) is 5.96. The summed E-state index contributed by atoms with van der Waals surface area (Å²) in [6, 6.07) is 6.05. The first-order chi connectivity index (χ1) is 14.2. The smallest absolute Gasteiger partial charge is 0.0958 e. The number of imidazole rings is 1. The van der Waals surface area contributed by atoms with Crippen LogP contribution in [0.1, 0.15) is 90.9 Å². The van der Waals surface area contributed by atoms with E-state index in [1.807, 2.05) is 18.5 Å². The van der Waals surface area contributed by atoms with E-state index in [4.69, 9.17) is 5.73 Å².